The zero-order chi connectivity index (χ0) is 12.2. The summed E-state index contributed by atoms with van der Waals surface area (Å²) in [5.74, 6) is 0.827. The van der Waals surface area contributed by atoms with E-state index in [2.05, 4.69) is 0 Å². The van der Waals surface area contributed by atoms with Crippen LogP contribution in [0.15, 0.2) is 12.0 Å². The van der Waals surface area contributed by atoms with E-state index in [0.717, 1.165) is 5.88 Å². The first-order valence-electron chi connectivity index (χ1n) is 5.79. The van der Waals surface area contributed by atoms with E-state index >= 15 is 0 Å². The highest BCUT2D eigenvalue weighted by Gasteiger charge is 2.55. The molecule has 2 aliphatic rings. The molecule has 0 aromatic heterocycles. The van der Waals surface area contributed by atoms with Gasteiger partial charge in [-0.3, -0.25) is 0 Å². The van der Waals surface area contributed by atoms with Crippen molar-refractivity contribution in [2.45, 2.75) is 45.2 Å². The zero-order valence-electron chi connectivity index (χ0n) is 11.0. The Balaban J connectivity index is 2.16. The Labute approximate surface area is 97.6 Å². The highest BCUT2D eigenvalue weighted by atomic mass is 16.8. The molecule has 2 heterocycles. The summed E-state index contributed by atoms with van der Waals surface area (Å²) in [4.78, 5) is 1.93. The van der Waals surface area contributed by atoms with Crippen LogP contribution in [0.2, 0.25) is 6.32 Å². The highest BCUT2D eigenvalue weighted by molar-refractivity contribution is 6.63. The molecule has 1 fully saturated rings. The van der Waals surface area contributed by atoms with Crippen LogP contribution < -0.4 is 0 Å². The van der Waals surface area contributed by atoms with E-state index in [1.165, 1.54) is 0 Å². The molecule has 0 aromatic carbocycles. The van der Waals surface area contributed by atoms with Crippen LogP contribution in [0.1, 0.15) is 27.7 Å². The molecule has 0 unspecified atom stereocenters. The van der Waals surface area contributed by atoms with E-state index in [9.17, 15) is 0 Å². The largest absolute Gasteiger partial charge is 0.658 e. The molecule has 2 rings (SSSR count). The fourth-order valence-corrected chi connectivity index (χ4v) is 2.16. The molecule has 0 aromatic rings. The predicted octanol–water partition coefficient (Wildman–Crippen LogP) is 1.96. The highest BCUT2D eigenvalue weighted by Crippen LogP contribution is 2.46. The summed E-state index contributed by atoms with van der Waals surface area (Å²) < 4.78 is 17.9. The van der Waals surface area contributed by atoms with Gasteiger partial charge in [-0.2, -0.15) is 0 Å². The minimum absolute atomic E-state index is 0.331. The quantitative estimate of drug-likeness (QED) is 0.639. The summed E-state index contributed by atoms with van der Waals surface area (Å²) in [6.07, 6.45) is 2.72. The van der Waals surface area contributed by atoms with Crippen LogP contribution in [0.25, 0.3) is 0 Å². The fourth-order valence-electron chi connectivity index (χ4n) is 2.16. The van der Waals surface area contributed by atoms with Crippen LogP contribution >= 0.6 is 0 Å². The third-order valence-corrected chi connectivity index (χ3v) is 3.72. The standard InChI is InChI=1S/C11H21BNO3/c1-10(2)11(3,4)16-12(15-10)8-7-9(14-12)13(5)6/h7H,8H2,1-6H3/q-1. The van der Waals surface area contributed by atoms with Crippen molar-refractivity contribution < 1.29 is 14.0 Å². The summed E-state index contributed by atoms with van der Waals surface area (Å²) >= 11 is 0. The molecule has 0 aliphatic carbocycles. The van der Waals surface area contributed by atoms with Crippen LogP contribution in [0.4, 0.5) is 0 Å². The van der Waals surface area contributed by atoms with E-state index in [1.807, 2.05) is 52.8 Å². The van der Waals surface area contributed by atoms with Gasteiger partial charge in [-0.1, -0.05) is 12.4 Å². The van der Waals surface area contributed by atoms with Crippen LogP contribution in [-0.4, -0.2) is 37.0 Å². The van der Waals surface area contributed by atoms with Gasteiger partial charge in [-0.15, -0.1) is 0 Å². The summed E-state index contributed by atoms with van der Waals surface area (Å²) in [5.41, 5.74) is -0.662. The van der Waals surface area contributed by atoms with Gasteiger partial charge >= 0.3 is 6.75 Å². The van der Waals surface area contributed by atoms with Crippen molar-refractivity contribution in [2.24, 2.45) is 0 Å². The second-order valence-electron chi connectivity index (χ2n) is 5.84. The zero-order valence-corrected chi connectivity index (χ0v) is 11.0. The van der Waals surface area contributed by atoms with E-state index in [1.54, 1.807) is 0 Å². The summed E-state index contributed by atoms with van der Waals surface area (Å²) in [6.45, 7) is 6.54. The van der Waals surface area contributed by atoms with Crippen molar-refractivity contribution in [3.05, 3.63) is 12.0 Å². The average molecular weight is 226 g/mol. The van der Waals surface area contributed by atoms with E-state index in [0.29, 0.717) is 6.32 Å². The first-order chi connectivity index (χ1) is 7.18. The Morgan fingerprint density at radius 2 is 1.62 bits per heavy atom. The van der Waals surface area contributed by atoms with Gasteiger partial charge in [0.25, 0.3) is 0 Å². The van der Waals surface area contributed by atoms with Crippen LogP contribution in [0.5, 0.6) is 0 Å². The monoisotopic (exact) mass is 226 g/mol. The van der Waals surface area contributed by atoms with Crippen molar-refractivity contribution in [1.82, 2.24) is 4.90 Å². The molecule has 0 N–H and O–H groups in total. The second-order valence-corrected chi connectivity index (χ2v) is 5.84. The number of rotatable bonds is 1. The maximum atomic E-state index is 6.03. The lowest BCUT2D eigenvalue weighted by molar-refractivity contribution is 0.00578. The minimum Gasteiger partial charge on any atom is -0.658 e. The van der Waals surface area contributed by atoms with Crippen molar-refractivity contribution in [3.8, 4) is 0 Å². The average Bonchev–Trinajstić information content (AvgIpc) is 2.52. The number of allylic oxidation sites excluding steroid dienone is 1. The molecule has 16 heavy (non-hydrogen) atoms. The SMILES string of the molecule is CN(C)C1=CC[B-]2(O1)OC(C)(C)C(C)(C)O2. The molecular weight excluding hydrogens is 205 g/mol. The normalized spacial score (nSPS) is 29.0. The van der Waals surface area contributed by atoms with Crippen molar-refractivity contribution in [1.29, 1.82) is 0 Å². The molecule has 0 atom stereocenters. The number of nitrogens with zero attached hydrogens (tertiary/aromatic N) is 1. The second kappa shape index (κ2) is 3.17. The van der Waals surface area contributed by atoms with Gasteiger partial charge in [0.1, 0.15) is 5.88 Å². The first kappa shape index (κ1) is 11.8. The fraction of sp³-hybridized carbons (Fsp3) is 0.818. The van der Waals surface area contributed by atoms with Gasteiger partial charge in [0.2, 0.25) is 0 Å². The van der Waals surface area contributed by atoms with Crippen molar-refractivity contribution >= 4 is 6.75 Å². The Hall–Kier alpha value is -0.675. The van der Waals surface area contributed by atoms with Gasteiger partial charge < -0.3 is 18.9 Å². The lowest BCUT2D eigenvalue weighted by atomic mass is 9.76. The molecule has 1 spiro atoms. The Kier molecular flexibility index (Phi) is 2.34. The lowest BCUT2D eigenvalue weighted by Gasteiger charge is -2.36. The molecule has 5 heteroatoms. The molecule has 2 aliphatic heterocycles. The maximum Gasteiger partial charge on any atom is 0.440 e. The molecule has 0 saturated carbocycles. The molecule has 1 saturated heterocycles. The topological polar surface area (TPSA) is 30.9 Å². The van der Waals surface area contributed by atoms with Gasteiger partial charge in [-0.25, -0.2) is 0 Å². The van der Waals surface area contributed by atoms with Crippen LogP contribution in [-0.2, 0) is 14.0 Å². The molecular formula is C11H21BNO3-. The van der Waals surface area contributed by atoms with E-state index < -0.39 is 6.75 Å². The predicted molar refractivity (Wildman–Crippen MR) is 63.7 cm³/mol. The third-order valence-electron chi connectivity index (χ3n) is 3.72. The molecule has 0 bridgehead atoms. The van der Waals surface area contributed by atoms with Crippen molar-refractivity contribution in [2.75, 3.05) is 14.1 Å². The maximum absolute atomic E-state index is 6.03. The van der Waals surface area contributed by atoms with E-state index in [-0.39, 0.29) is 11.2 Å². The summed E-state index contributed by atoms with van der Waals surface area (Å²) in [7, 11) is 3.90. The smallest absolute Gasteiger partial charge is 0.440 e. The van der Waals surface area contributed by atoms with Crippen LogP contribution in [0.3, 0.4) is 0 Å². The van der Waals surface area contributed by atoms with Crippen molar-refractivity contribution in [3.63, 3.8) is 0 Å². The Morgan fingerprint density at radius 3 is 2.00 bits per heavy atom. The van der Waals surface area contributed by atoms with E-state index in [4.69, 9.17) is 14.0 Å². The van der Waals surface area contributed by atoms with Gasteiger partial charge in [0.15, 0.2) is 0 Å². The molecule has 0 amide bonds. The minimum atomic E-state index is -1.63. The Morgan fingerprint density at radius 1 is 1.12 bits per heavy atom. The lowest BCUT2D eigenvalue weighted by Crippen LogP contribution is -2.41. The number of hydrogen-bond donors (Lipinski definition) is 0. The molecule has 0 radical (unpaired) electrons. The van der Waals surface area contributed by atoms with Gasteiger partial charge in [0, 0.05) is 25.3 Å². The Bertz CT molecular complexity index is 320. The third kappa shape index (κ3) is 1.62. The number of hydrogen-bond acceptors (Lipinski definition) is 4. The van der Waals surface area contributed by atoms with Crippen LogP contribution in [0, 0.1) is 0 Å². The molecule has 4 nitrogen and oxygen atoms in total. The molecule has 92 valence electrons. The van der Waals surface area contributed by atoms with Gasteiger partial charge in [0.05, 0.1) is 0 Å². The summed E-state index contributed by atoms with van der Waals surface area (Å²) in [6, 6.07) is 0. The van der Waals surface area contributed by atoms with Gasteiger partial charge in [-0.05, 0) is 27.7 Å². The summed E-state index contributed by atoms with van der Waals surface area (Å²) in [5, 5.41) is 0. The first-order valence-corrected chi connectivity index (χ1v) is 5.79.